The summed E-state index contributed by atoms with van der Waals surface area (Å²) >= 11 is 6.78. The predicted molar refractivity (Wildman–Crippen MR) is 147 cm³/mol. The van der Waals surface area contributed by atoms with Crippen LogP contribution in [-0.2, 0) is 22.5 Å². The van der Waals surface area contributed by atoms with Crippen LogP contribution >= 0.6 is 24.0 Å². The maximum Gasteiger partial charge on any atom is 0.338 e. The van der Waals surface area contributed by atoms with E-state index in [0.29, 0.717) is 47.3 Å². The number of rotatable bonds is 10. The van der Waals surface area contributed by atoms with E-state index in [1.165, 1.54) is 11.8 Å². The number of nitrogens with zero attached hydrogens (tertiary/aromatic N) is 2. The van der Waals surface area contributed by atoms with Crippen molar-refractivity contribution in [1.82, 2.24) is 9.80 Å². The van der Waals surface area contributed by atoms with Gasteiger partial charge in [-0.2, -0.15) is 0 Å². The molecule has 4 rings (SSSR count). The minimum atomic E-state index is -0.335. The van der Waals surface area contributed by atoms with Crippen LogP contribution in [0.2, 0.25) is 0 Å². The number of aryl methyl sites for hydroxylation is 1. The molecule has 0 radical (unpaired) electrons. The van der Waals surface area contributed by atoms with Crippen LogP contribution in [0.25, 0.3) is 11.3 Å². The zero-order valence-electron chi connectivity index (χ0n) is 20.3. The number of hydrogen-bond acceptors (Lipinski definition) is 7. The molecule has 1 aliphatic rings. The molecule has 8 heteroatoms. The summed E-state index contributed by atoms with van der Waals surface area (Å²) in [6.07, 6.45) is 3.27. The molecule has 1 saturated heterocycles. The standard InChI is InChI=1S/C28H28N2O4S2/c1-29(2)17-18-33-27(32)22-13-11-21(12-14-22)24-16-15-23(34-24)9-6-10-25-26(31)30(28(35)36-25)19-20-7-4-3-5-8-20/h3-5,7-8,10-16H,6,9,17-19H2,1-2H3/b25-10+. The summed E-state index contributed by atoms with van der Waals surface area (Å²) in [5, 5.41) is 0. The van der Waals surface area contributed by atoms with Crippen molar-refractivity contribution < 1.29 is 18.7 Å². The lowest BCUT2D eigenvalue weighted by molar-refractivity contribution is -0.122. The van der Waals surface area contributed by atoms with Crippen molar-refractivity contribution in [3.05, 3.63) is 94.6 Å². The van der Waals surface area contributed by atoms with E-state index in [1.54, 1.807) is 17.0 Å². The molecule has 0 atom stereocenters. The van der Waals surface area contributed by atoms with Gasteiger partial charge >= 0.3 is 5.97 Å². The van der Waals surface area contributed by atoms with Gasteiger partial charge < -0.3 is 14.1 Å². The molecule has 36 heavy (non-hydrogen) atoms. The van der Waals surface area contributed by atoms with Gasteiger partial charge in [0.2, 0.25) is 0 Å². The Morgan fingerprint density at radius 2 is 1.83 bits per heavy atom. The highest BCUT2D eigenvalue weighted by atomic mass is 32.2. The molecular weight excluding hydrogens is 492 g/mol. The fourth-order valence-electron chi connectivity index (χ4n) is 3.63. The molecule has 1 amide bonds. The third-order valence-electron chi connectivity index (χ3n) is 5.62. The van der Waals surface area contributed by atoms with Crippen LogP contribution in [0.15, 0.2) is 82.1 Å². The molecule has 0 aliphatic carbocycles. The van der Waals surface area contributed by atoms with Gasteiger partial charge in [0.15, 0.2) is 0 Å². The number of hydrogen-bond donors (Lipinski definition) is 0. The number of thiocarbonyl (C=S) groups is 1. The number of amides is 1. The molecule has 6 nitrogen and oxygen atoms in total. The normalized spacial score (nSPS) is 14.8. The van der Waals surface area contributed by atoms with Crippen molar-refractivity contribution in [3.8, 4) is 11.3 Å². The number of benzene rings is 2. The van der Waals surface area contributed by atoms with Crippen molar-refractivity contribution in [2.24, 2.45) is 0 Å². The van der Waals surface area contributed by atoms with Gasteiger partial charge in [0.1, 0.15) is 22.4 Å². The Hall–Kier alpha value is -3.20. The Balaban J connectivity index is 1.30. The summed E-state index contributed by atoms with van der Waals surface area (Å²) in [6, 6.07) is 20.9. The highest BCUT2D eigenvalue weighted by molar-refractivity contribution is 8.26. The minimum Gasteiger partial charge on any atom is -0.461 e. The van der Waals surface area contributed by atoms with Crippen molar-refractivity contribution in [3.63, 3.8) is 0 Å². The maximum absolute atomic E-state index is 12.8. The highest BCUT2D eigenvalue weighted by Gasteiger charge is 2.31. The molecule has 0 saturated carbocycles. The van der Waals surface area contributed by atoms with Crippen LogP contribution < -0.4 is 0 Å². The Morgan fingerprint density at radius 1 is 1.08 bits per heavy atom. The number of esters is 1. The third kappa shape index (κ3) is 6.72. The van der Waals surface area contributed by atoms with E-state index in [0.717, 1.165) is 22.6 Å². The van der Waals surface area contributed by atoms with Crippen molar-refractivity contribution in [2.75, 3.05) is 27.2 Å². The fraction of sp³-hybridized carbons (Fsp3) is 0.250. The second kappa shape index (κ2) is 12.2. The molecule has 2 heterocycles. The Morgan fingerprint density at radius 3 is 2.56 bits per heavy atom. The second-order valence-electron chi connectivity index (χ2n) is 8.63. The molecule has 186 valence electrons. The largest absolute Gasteiger partial charge is 0.461 e. The minimum absolute atomic E-state index is 0.0469. The van der Waals surface area contributed by atoms with Crippen LogP contribution in [0.5, 0.6) is 0 Å². The Kier molecular flexibility index (Phi) is 8.74. The first-order chi connectivity index (χ1) is 17.4. The van der Waals surface area contributed by atoms with E-state index in [4.69, 9.17) is 21.4 Å². The molecule has 2 aromatic carbocycles. The van der Waals surface area contributed by atoms with Crippen LogP contribution in [0.3, 0.4) is 0 Å². The summed E-state index contributed by atoms with van der Waals surface area (Å²) in [5.41, 5.74) is 2.44. The second-order valence-corrected chi connectivity index (χ2v) is 10.3. The van der Waals surface area contributed by atoms with Gasteiger partial charge in [-0.1, -0.05) is 72.5 Å². The van der Waals surface area contributed by atoms with Crippen molar-refractivity contribution in [2.45, 2.75) is 19.4 Å². The monoisotopic (exact) mass is 520 g/mol. The predicted octanol–water partition coefficient (Wildman–Crippen LogP) is 5.54. The maximum atomic E-state index is 12.8. The van der Waals surface area contributed by atoms with Crippen LogP contribution in [0.4, 0.5) is 0 Å². The average molecular weight is 521 g/mol. The van der Waals surface area contributed by atoms with Crippen molar-refractivity contribution >= 4 is 40.2 Å². The quantitative estimate of drug-likeness (QED) is 0.198. The summed E-state index contributed by atoms with van der Waals surface area (Å²) in [4.78, 5) is 29.2. The highest BCUT2D eigenvalue weighted by Crippen LogP contribution is 2.33. The first kappa shape index (κ1) is 25.9. The van der Waals surface area contributed by atoms with Gasteiger partial charge in [-0.25, -0.2) is 4.79 Å². The number of likely N-dealkylation sites (N-methyl/N-ethyl adjacent to an activating group) is 1. The summed E-state index contributed by atoms with van der Waals surface area (Å²) in [5.74, 6) is 1.17. The first-order valence-electron chi connectivity index (χ1n) is 11.7. The summed E-state index contributed by atoms with van der Waals surface area (Å²) in [6.45, 7) is 1.52. The van der Waals surface area contributed by atoms with E-state index < -0.39 is 0 Å². The van der Waals surface area contributed by atoms with Gasteiger partial charge in [0.25, 0.3) is 5.91 Å². The Bertz CT molecular complexity index is 1250. The molecular formula is C28H28N2O4S2. The number of carbonyl (C=O) groups is 2. The number of ether oxygens (including phenoxy) is 1. The average Bonchev–Trinajstić information content (AvgIpc) is 3.45. The number of furan rings is 1. The van der Waals surface area contributed by atoms with Gasteiger partial charge in [-0.05, 0) is 50.3 Å². The number of allylic oxidation sites excluding steroid dienone is 1. The van der Waals surface area contributed by atoms with Gasteiger partial charge in [0, 0.05) is 18.5 Å². The molecule has 0 bridgehead atoms. The zero-order chi connectivity index (χ0) is 25.5. The number of thioether (sulfide) groups is 1. The Labute approximate surface area is 220 Å². The molecule has 0 N–H and O–H groups in total. The molecule has 0 unspecified atom stereocenters. The summed E-state index contributed by atoms with van der Waals surface area (Å²) < 4.78 is 11.9. The van der Waals surface area contributed by atoms with Crippen molar-refractivity contribution in [1.29, 1.82) is 0 Å². The zero-order valence-corrected chi connectivity index (χ0v) is 21.9. The fourth-order valence-corrected chi connectivity index (χ4v) is 4.89. The molecule has 3 aromatic rings. The van der Waals surface area contributed by atoms with E-state index >= 15 is 0 Å². The van der Waals surface area contributed by atoms with E-state index in [1.807, 2.05) is 79.7 Å². The lowest BCUT2D eigenvalue weighted by Gasteiger charge is -2.14. The smallest absolute Gasteiger partial charge is 0.338 e. The lowest BCUT2D eigenvalue weighted by atomic mass is 10.1. The van der Waals surface area contributed by atoms with Gasteiger partial charge in [0.05, 0.1) is 17.0 Å². The first-order valence-corrected chi connectivity index (χ1v) is 12.9. The lowest BCUT2D eigenvalue weighted by Crippen LogP contribution is -2.27. The van der Waals surface area contributed by atoms with Gasteiger partial charge in [-0.15, -0.1) is 0 Å². The van der Waals surface area contributed by atoms with E-state index in [-0.39, 0.29) is 11.9 Å². The SMILES string of the molecule is CN(C)CCOC(=O)c1ccc(-c2ccc(CC/C=C3/SC(=S)N(Cc4ccccc4)C3=O)o2)cc1. The molecule has 1 fully saturated rings. The van der Waals surface area contributed by atoms with E-state index in [9.17, 15) is 9.59 Å². The molecule has 0 spiro atoms. The third-order valence-corrected chi connectivity index (χ3v) is 7.04. The molecule has 1 aromatic heterocycles. The topological polar surface area (TPSA) is 63.0 Å². The van der Waals surface area contributed by atoms with Crippen LogP contribution in [0, 0.1) is 0 Å². The van der Waals surface area contributed by atoms with Crippen LogP contribution in [0.1, 0.15) is 28.1 Å². The van der Waals surface area contributed by atoms with Crippen LogP contribution in [-0.4, -0.2) is 53.2 Å². The number of carbonyl (C=O) groups excluding carboxylic acids is 2. The van der Waals surface area contributed by atoms with Gasteiger partial charge in [-0.3, -0.25) is 9.69 Å². The van der Waals surface area contributed by atoms with E-state index in [2.05, 4.69) is 0 Å². The summed E-state index contributed by atoms with van der Waals surface area (Å²) in [7, 11) is 3.86. The molecule has 1 aliphatic heterocycles.